The van der Waals surface area contributed by atoms with Gasteiger partial charge in [-0.15, -0.1) is 0 Å². The van der Waals surface area contributed by atoms with Gasteiger partial charge in [0.15, 0.2) is 0 Å². The Labute approximate surface area is 96.9 Å². The van der Waals surface area contributed by atoms with Gasteiger partial charge >= 0.3 is 5.97 Å². The summed E-state index contributed by atoms with van der Waals surface area (Å²) in [6.45, 7) is 5.31. The first-order valence-electron chi connectivity index (χ1n) is 5.75. The van der Waals surface area contributed by atoms with E-state index in [4.69, 9.17) is 9.84 Å². The number of methoxy groups -OCH3 is 1. The van der Waals surface area contributed by atoms with Crippen LogP contribution in [0.3, 0.4) is 0 Å². The molecule has 0 radical (unpaired) electrons. The van der Waals surface area contributed by atoms with Crippen LogP contribution in [0.2, 0.25) is 0 Å². The molecule has 0 atom stereocenters. The molecule has 1 aliphatic heterocycles. The zero-order chi connectivity index (χ0) is 12.0. The lowest BCUT2D eigenvalue weighted by molar-refractivity contribution is -0.132. The number of carboxylic acid groups (broad SMARTS) is 1. The number of hydrogen-bond acceptors (Lipinski definition) is 3. The van der Waals surface area contributed by atoms with E-state index in [1.165, 1.54) is 0 Å². The van der Waals surface area contributed by atoms with Crippen LogP contribution in [0.5, 0.6) is 0 Å². The second kappa shape index (κ2) is 6.66. The molecule has 1 fully saturated rings. The van der Waals surface area contributed by atoms with Gasteiger partial charge in [0.05, 0.1) is 0 Å². The van der Waals surface area contributed by atoms with Gasteiger partial charge in [-0.05, 0) is 38.8 Å². The van der Waals surface area contributed by atoms with E-state index in [0.717, 1.165) is 39.1 Å². The number of aliphatic carboxylic acids is 1. The molecule has 0 aliphatic carbocycles. The van der Waals surface area contributed by atoms with E-state index in [1.807, 2.05) is 0 Å². The second-order valence-electron chi connectivity index (χ2n) is 4.39. The van der Waals surface area contributed by atoms with Crippen LogP contribution in [0.25, 0.3) is 0 Å². The molecule has 0 aromatic heterocycles. The Morgan fingerprint density at radius 1 is 1.50 bits per heavy atom. The zero-order valence-electron chi connectivity index (χ0n) is 10.1. The molecule has 0 spiro atoms. The summed E-state index contributed by atoms with van der Waals surface area (Å²) in [6.07, 6.45) is 4.08. The van der Waals surface area contributed by atoms with Crippen LogP contribution in [-0.4, -0.2) is 49.3 Å². The Kier molecular flexibility index (Phi) is 5.49. The number of nitrogens with zero attached hydrogens (tertiary/aromatic N) is 1. The van der Waals surface area contributed by atoms with Crippen LogP contribution in [0.4, 0.5) is 0 Å². The van der Waals surface area contributed by atoms with Crippen molar-refractivity contribution in [2.45, 2.75) is 19.8 Å². The van der Waals surface area contributed by atoms with E-state index >= 15 is 0 Å². The van der Waals surface area contributed by atoms with Gasteiger partial charge < -0.3 is 9.84 Å². The number of likely N-dealkylation sites (tertiary alicyclic amines) is 1. The SMILES string of the molecule is COCC1CCN(CC=C(C)C(=O)O)CC1. The van der Waals surface area contributed by atoms with Gasteiger partial charge in [0.25, 0.3) is 0 Å². The van der Waals surface area contributed by atoms with E-state index in [1.54, 1.807) is 20.1 Å². The normalized spacial score (nSPS) is 20.0. The highest BCUT2D eigenvalue weighted by Crippen LogP contribution is 2.17. The van der Waals surface area contributed by atoms with Crippen LogP contribution in [-0.2, 0) is 9.53 Å². The van der Waals surface area contributed by atoms with Crippen LogP contribution in [0, 0.1) is 5.92 Å². The van der Waals surface area contributed by atoms with E-state index in [2.05, 4.69) is 4.90 Å². The van der Waals surface area contributed by atoms with Gasteiger partial charge in [0.1, 0.15) is 0 Å². The van der Waals surface area contributed by atoms with Crippen molar-refractivity contribution in [2.24, 2.45) is 5.92 Å². The van der Waals surface area contributed by atoms with Crippen molar-refractivity contribution in [2.75, 3.05) is 33.4 Å². The zero-order valence-corrected chi connectivity index (χ0v) is 10.1. The Hall–Kier alpha value is -0.870. The minimum absolute atomic E-state index is 0.430. The quantitative estimate of drug-likeness (QED) is 0.721. The van der Waals surface area contributed by atoms with E-state index in [-0.39, 0.29) is 0 Å². The number of piperidine rings is 1. The predicted octanol–water partition coefficient (Wildman–Crippen LogP) is 1.38. The fourth-order valence-corrected chi connectivity index (χ4v) is 1.92. The molecule has 4 nitrogen and oxygen atoms in total. The van der Waals surface area contributed by atoms with Crippen LogP contribution >= 0.6 is 0 Å². The third-order valence-corrected chi connectivity index (χ3v) is 3.10. The molecule has 0 bridgehead atoms. The minimum atomic E-state index is -0.825. The van der Waals surface area contributed by atoms with Gasteiger partial charge in [-0.1, -0.05) is 6.08 Å². The predicted molar refractivity (Wildman–Crippen MR) is 62.4 cm³/mol. The Morgan fingerprint density at radius 3 is 2.62 bits per heavy atom. The van der Waals surface area contributed by atoms with Crippen LogP contribution in [0.15, 0.2) is 11.6 Å². The first-order valence-corrected chi connectivity index (χ1v) is 5.75. The summed E-state index contributed by atoms with van der Waals surface area (Å²) < 4.78 is 5.14. The maximum atomic E-state index is 10.6. The van der Waals surface area contributed by atoms with Crippen LogP contribution in [0.1, 0.15) is 19.8 Å². The van der Waals surface area contributed by atoms with Crippen molar-refractivity contribution in [1.29, 1.82) is 0 Å². The molecule has 0 aromatic rings. The molecule has 1 saturated heterocycles. The number of ether oxygens (including phenoxy) is 1. The summed E-state index contributed by atoms with van der Waals surface area (Å²) in [5, 5.41) is 8.72. The first-order chi connectivity index (χ1) is 7.63. The van der Waals surface area contributed by atoms with E-state index in [9.17, 15) is 4.79 Å². The molecule has 1 heterocycles. The molecule has 1 aliphatic rings. The van der Waals surface area contributed by atoms with E-state index < -0.39 is 5.97 Å². The summed E-state index contributed by atoms with van der Waals surface area (Å²) in [7, 11) is 1.74. The monoisotopic (exact) mass is 227 g/mol. The fraction of sp³-hybridized carbons (Fsp3) is 0.750. The summed E-state index contributed by atoms with van der Waals surface area (Å²) in [4.78, 5) is 12.9. The van der Waals surface area contributed by atoms with Gasteiger partial charge in [-0.2, -0.15) is 0 Å². The summed E-state index contributed by atoms with van der Waals surface area (Å²) in [5.41, 5.74) is 0.430. The highest BCUT2D eigenvalue weighted by molar-refractivity contribution is 5.85. The second-order valence-corrected chi connectivity index (χ2v) is 4.39. The third kappa shape index (κ3) is 4.33. The van der Waals surface area contributed by atoms with Crippen molar-refractivity contribution >= 4 is 5.97 Å². The van der Waals surface area contributed by atoms with Crippen molar-refractivity contribution in [1.82, 2.24) is 4.90 Å². The standard InChI is InChI=1S/C12H21NO3/c1-10(12(14)15)3-6-13-7-4-11(5-8-13)9-16-2/h3,11H,4-9H2,1-2H3,(H,14,15). The van der Waals surface area contributed by atoms with Gasteiger partial charge in [0, 0.05) is 25.8 Å². The average Bonchev–Trinajstić information content (AvgIpc) is 2.28. The van der Waals surface area contributed by atoms with Crippen molar-refractivity contribution in [3.05, 3.63) is 11.6 Å². The topological polar surface area (TPSA) is 49.8 Å². The lowest BCUT2D eigenvalue weighted by atomic mass is 9.98. The maximum Gasteiger partial charge on any atom is 0.330 e. The smallest absolute Gasteiger partial charge is 0.330 e. The van der Waals surface area contributed by atoms with Crippen molar-refractivity contribution in [3.63, 3.8) is 0 Å². The summed E-state index contributed by atoms with van der Waals surface area (Å²) in [5.74, 6) is -0.153. The Bertz CT molecular complexity index is 255. The van der Waals surface area contributed by atoms with Crippen molar-refractivity contribution in [3.8, 4) is 0 Å². The maximum absolute atomic E-state index is 10.6. The Balaban J connectivity index is 2.27. The molecule has 16 heavy (non-hydrogen) atoms. The number of rotatable bonds is 5. The molecular weight excluding hydrogens is 206 g/mol. The van der Waals surface area contributed by atoms with Gasteiger partial charge in [0.2, 0.25) is 0 Å². The molecular formula is C12H21NO3. The molecule has 92 valence electrons. The van der Waals surface area contributed by atoms with Gasteiger partial charge in [-0.3, -0.25) is 4.90 Å². The fourth-order valence-electron chi connectivity index (χ4n) is 1.92. The lowest BCUT2D eigenvalue weighted by Crippen LogP contribution is -2.35. The van der Waals surface area contributed by atoms with Crippen molar-refractivity contribution < 1.29 is 14.6 Å². The highest BCUT2D eigenvalue weighted by Gasteiger charge is 2.18. The van der Waals surface area contributed by atoms with Crippen LogP contribution < -0.4 is 0 Å². The molecule has 0 amide bonds. The van der Waals surface area contributed by atoms with Gasteiger partial charge in [-0.25, -0.2) is 4.79 Å². The molecule has 0 unspecified atom stereocenters. The minimum Gasteiger partial charge on any atom is -0.478 e. The third-order valence-electron chi connectivity index (χ3n) is 3.10. The van der Waals surface area contributed by atoms with E-state index in [0.29, 0.717) is 11.5 Å². The first kappa shape index (κ1) is 13.2. The summed E-state index contributed by atoms with van der Waals surface area (Å²) >= 11 is 0. The molecule has 0 saturated carbocycles. The number of carboxylic acids is 1. The lowest BCUT2D eigenvalue weighted by Gasteiger charge is -2.30. The Morgan fingerprint density at radius 2 is 2.12 bits per heavy atom. The highest BCUT2D eigenvalue weighted by atomic mass is 16.5. The number of carbonyl (C=O) groups is 1. The molecule has 1 rings (SSSR count). The molecule has 1 N–H and O–H groups in total. The summed E-state index contributed by atoms with van der Waals surface area (Å²) in [6, 6.07) is 0. The average molecular weight is 227 g/mol. The number of hydrogen-bond donors (Lipinski definition) is 1. The molecule has 0 aromatic carbocycles. The largest absolute Gasteiger partial charge is 0.478 e. The molecule has 4 heteroatoms.